The van der Waals surface area contributed by atoms with Gasteiger partial charge in [0.2, 0.25) is 10.0 Å². The minimum Gasteiger partial charge on any atom is -0.212 e. The molecule has 0 fully saturated rings. The Morgan fingerprint density at radius 2 is 2.10 bits per heavy atom. The van der Waals surface area contributed by atoms with Crippen LogP contribution < -0.4 is 0 Å². The van der Waals surface area contributed by atoms with E-state index in [2.05, 4.69) is 0 Å². The quantitative estimate of drug-likeness (QED) is 0.520. The van der Waals surface area contributed by atoms with Gasteiger partial charge in [-0.1, -0.05) is 12.2 Å². The van der Waals surface area contributed by atoms with Crippen molar-refractivity contribution >= 4 is 10.0 Å². The lowest BCUT2D eigenvalue weighted by Gasteiger charge is -2.19. The molecule has 1 heterocycles. The molecule has 1 rings (SSSR count). The summed E-state index contributed by atoms with van der Waals surface area (Å²) >= 11 is 0. The Kier molecular flexibility index (Phi) is 2.11. The molecule has 0 amide bonds. The second-order valence-electron chi connectivity index (χ2n) is 2.22. The molecule has 0 aromatic rings. The Hall–Kier alpha value is -0.350. The zero-order valence-corrected chi connectivity index (χ0v) is 6.63. The highest BCUT2D eigenvalue weighted by Crippen LogP contribution is 2.09. The maximum absolute atomic E-state index is 10.8. The van der Waals surface area contributed by atoms with E-state index >= 15 is 0 Å². The smallest absolute Gasteiger partial charge is 0.211 e. The summed E-state index contributed by atoms with van der Waals surface area (Å²) in [6.07, 6.45) is 5.72. The molecule has 0 saturated carbocycles. The zero-order chi connectivity index (χ0) is 7.61. The van der Waals surface area contributed by atoms with Crippen molar-refractivity contribution in [3.05, 3.63) is 18.7 Å². The van der Waals surface area contributed by atoms with Gasteiger partial charge in [0.05, 0.1) is 6.26 Å². The predicted octanol–water partition coefficient (Wildman–Crippen LogP) is 0.370. The molecule has 1 aliphatic heterocycles. The molecule has 0 N–H and O–H groups in total. The summed E-state index contributed by atoms with van der Waals surface area (Å²) < 4.78 is 23.0. The van der Waals surface area contributed by atoms with E-state index in [1.165, 1.54) is 10.6 Å². The molecule has 0 spiro atoms. The maximum atomic E-state index is 10.8. The minimum absolute atomic E-state index is 0.485. The molecular formula is C6H10NO2S. The standard InChI is InChI=1S/C6H10NO2S/c1-10(8,9)7-5-3-2-4-6-7/h2-3,6H,4-5H2,1H3. The van der Waals surface area contributed by atoms with Crippen molar-refractivity contribution in [3.63, 3.8) is 0 Å². The molecule has 0 atom stereocenters. The van der Waals surface area contributed by atoms with Gasteiger partial charge >= 0.3 is 0 Å². The fourth-order valence-corrected chi connectivity index (χ4v) is 1.51. The molecule has 3 nitrogen and oxygen atoms in total. The third-order valence-electron chi connectivity index (χ3n) is 1.32. The summed E-state index contributed by atoms with van der Waals surface area (Å²) in [6, 6.07) is 0. The van der Waals surface area contributed by atoms with Gasteiger partial charge in [-0.25, -0.2) is 8.42 Å². The summed E-state index contributed by atoms with van der Waals surface area (Å²) in [6.45, 7) is 2.16. The molecule has 1 aliphatic rings. The monoisotopic (exact) mass is 160 g/mol. The molecule has 1 radical (unpaired) electrons. The molecule has 0 saturated heterocycles. The first-order valence-corrected chi connectivity index (χ1v) is 4.90. The predicted molar refractivity (Wildman–Crippen MR) is 39.6 cm³/mol. The number of nitrogens with zero attached hydrogens (tertiary/aromatic N) is 1. The summed E-state index contributed by atoms with van der Waals surface area (Å²) in [5, 5.41) is 0. The fourth-order valence-electron chi connectivity index (χ4n) is 0.798. The van der Waals surface area contributed by atoms with E-state index in [1.54, 1.807) is 6.54 Å². The molecular weight excluding hydrogens is 150 g/mol. The van der Waals surface area contributed by atoms with Gasteiger partial charge in [0.15, 0.2) is 0 Å². The summed E-state index contributed by atoms with van der Waals surface area (Å²) in [4.78, 5) is 0. The van der Waals surface area contributed by atoms with Crippen molar-refractivity contribution in [2.24, 2.45) is 0 Å². The van der Waals surface area contributed by atoms with Crippen LogP contribution in [0.3, 0.4) is 0 Å². The number of rotatable bonds is 1. The zero-order valence-electron chi connectivity index (χ0n) is 5.82. The first-order valence-electron chi connectivity index (χ1n) is 3.06. The van der Waals surface area contributed by atoms with Gasteiger partial charge in [0.1, 0.15) is 0 Å². The summed E-state index contributed by atoms with van der Waals surface area (Å²) in [7, 11) is -3.00. The normalized spacial score (nSPS) is 21.3. The van der Waals surface area contributed by atoms with Crippen molar-refractivity contribution in [1.82, 2.24) is 4.31 Å². The van der Waals surface area contributed by atoms with Gasteiger partial charge in [0, 0.05) is 13.1 Å². The van der Waals surface area contributed by atoms with Crippen LogP contribution in [0.25, 0.3) is 0 Å². The van der Waals surface area contributed by atoms with Crippen LogP contribution in [-0.4, -0.2) is 25.5 Å². The Bertz CT molecular complexity index is 230. The highest BCUT2D eigenvalue weighted by atomic mass is 32.2. The maximum Gasteiger partial charge on any atom is 0.211 e. The van der Waals surface area contributed by atoms with Crippen molar-refractivity contribution in [1.29, 1.82) is 0 Å². The van der Waals surface area contributed by atoms with Crippen molar-refractivity contribution in [2.45, 2.75) is 6.42 Å². The van der Waals surface area contributed by atoms with Gasteiger partial charge in [-0.3, -0.25) is 0 Å². The number of sulfonamides is 1. The first-order chi connectivity index (χ1) is 4.61. The molecule has 10 heavy (non-hydrogen) atoms. The second-order valence-corrected chi connectivity index (χ2v) is 4.16. The van der Waals surface area contributed by atoms with Crippen LogP contribution >= 0.6 is 0 Å². The largest absolute Gasteiger partial charge is 0.212 e. The van der Waals surface area contributed by atoms with Gasteiger partial charge in [0.25, 0.3) is 0 Å². The van der Waals surface area contributed by atoms with Crippen LogP contribution in [0, 0.1) is 6.54 Å². The first kappa shape index (κ1) is 7.75. The average molecular weight is 160 g/mol. The second kappa shape index (κ2) is 2.72. The van der Waals surface area contributed by atoms with Crippen LogP contribution in [0.5, 0.6) is 0 Å². The van der Waals surface area contributed by atoms with Crippen molar-refractivity contribution in [2.75, 3.05) is 12.8 Å². The Labute approximate surface area is 61.4 Å². The van der Waals surface area contributed by atoms with Gasteiger partial charge in [-0.05, 0) is 6.42 Å². The number of hydrogen-bond acceptors (Lipinski definition) is 2. The van der Waals surface area contributed by atoms with E-state index in [9.17, 15) is 8.42 Å². The van der Waals surface area contributed by atoms with Gasteiger partial charge < -0.3 is 0 Å². The van der Waals surface area contributed by atoms with Crippen LogP contribution in [0.4, 0.5) is 0 Å². The summed E-state index contributed by atoms with van der Waals surface area (Å²) in [5.74, 6) is 0. The number of hydrogen-bond donors (Lipinski definition) is 0. The van der Waals surface area contributed by atoms with E-state index in [0.717, 1.165) is 0 Å². The lowest BCUT2D eigenvalue weighted by molar-refractivity contribution is 0.491. The minimum atomic E-state index is -3.00. The van der Waals surface area contributed by atoms with Crippen molar-refractivity contribution < 1.29 is 8.42 Å². The molecule has 0 aromatic heterocycles. The fraction of sp³-hybridized carbons (Fsp3) is 0.500. The van der Waals surface area contributed by atoms with Gasteiger partial charge in [-0.15, -0.1) is 0 Å². The van der Waals surface area contributed by atoms with Crippen molar-refractivity contribution in [3.8, 4) is 0 Å². The van der Waals surface area contributed by atoms with E-state index in [-0.39, 0.29) is 0 Å². The lowest BCUT2D eigenvalue weighted by atomic mass is 10.3. The third-order valence-corrected chi connectivity index (χ3v) is 2.47. The van der Waals surface area contributed by atoms with Crippen LogP contribution in [-0.2, 0) is 10.0 Å². The Morgan fingerprint density at radius 3 is 2.40 bits per heavy atom. The average Bonchev–Trinajstić information content (AvgIpc) is 1.88. The highest BCUT2D eigenvalue weighted by molar-refractivity contribution is 7.88. The lowest BCUT2D eigenvalue weighted by Crippen LogP contribution is -2.29. The Morgan fingerprint density at radius 1 is 1.40 bits per heavy atom. The molecule has 57 valence electrons. The molecule has 0 aromatic carbocycles. The van der Waals surface area contributed by atoms with E-state index in [0.29, 0.717) is 13.0 Å². The van der Waals surface area contributed by atoms with Gasteiger partial charge in [-0.2, -0.15) is 4.31 Å². The van der Waals surface area contributed by atoms with E-state index in [1.807, 2.05) is 12.2 Å². The molecule has 0 bridgehead atoms. The van der Waals surface area contributed by atoms with Crippen LogP contribution in [0.2, 0.25) is 0 Å². The SMILES string of the molecule is CS(=O)(=O)N1[CH]CC=CC1. The van der Waals surface area contributed by atoms with Crippen LogP contribution in [0.1, 0.15) is 6.42 Å². The molecule has 0 unspecified atom stereocenters. The Balaban J connectivity index is 2.67. The van der Waals surface area contributed by atoms with E-state index < -0.39 is 10.0 Å². The highest BCUT2D eigenvalue weighted by Gasteiger charge is 2.15. The molecule has 4 heteroatoms. The topological polar surface area (TPSA) is 37.4 Å². The summed E-state index contributed by atoms with van der Waals surface area (Å²) in [5.41, 5.74) is 0. The van der Waals surface area contributed by atoms with Crippen LogP contribution in [0.15, 0.2) is 12.2 Å². The third kappa shape index (κ3) is 1.82. The van der Waals surface area contributed by atoms with E-state index in [4.69, 9.17) is 0 Å². The molecule has 0 aliphatic carbocycles.